The van der Waals surface area contributed by atoms with Crippen molar-refractivity contribution in [3.63, 3.8) is 0 Å². The van der Waals surface area contributed by atoms with Crippen LogP contribution in [0.15, 0.2) is 12.4 Å². The second kappa shape index (κ2) is 5.66. The van der Waals surface area contributed by atoms with Crippen LogP contribution >= 0.6 is 0 Å². The third-order valence-corrected chi connectivity index (χ3v) is 3.34. The Balaban J connectivity index is 1.89. The van der Waals surface area contributed by atoms with Gasteiger partial charge in [0.1, 0.15) is 5.82 Å². The number of hydrogen-bond donors (Lipinski definition) is 2. The number of nitrogens with one attached hydrogen (secondary N) is 2. The zero-order valence-corrected chi connectivity index (χ0v) is 10.3. The normalized spacial score (nSPS) is 22.7. The minimum absolute atomic E-state index is 0.0979. The van der Waals surface area contributed by atoms with Crippen molar-refractivity contribution < 1.29 is 14.3 Å². The Morgan fingerprint density at radius 2 is 2.28 bits per heavy atom. The van der Waals surface area contributed by atoms with E-state index in [2.05, 4.69) is 15.3 Å². The molecule has 1 aromatic heterocycles. The first-order chi connectivity index (χ1) is 8.72. The van der Waals surface area contributed by atoms with E-state index in [0.717, 1.165) is 19.3 Å². The van der Waals surface area contributed by atoms with Gasteiger partial charge in [-0.25, -0.2) is 4.98 Å². The van der Waals surface area contributed by atoms with Crippen LogP contribution in [0.2, 0.25) is 0 Å². The van der Waals surface area contributed by atoms with Gasteiger partial charge in [-0.2, -0.15) is 0 Å². The van der Waals surface area contributed by atoms with Gasteiger partial charge in [0.25, 0.3) is 0 Å². The number of aromatic amines is 1. The van der Waals surface area contributed by atoms with Crippen LogP contribution in [0.4, 0.5) is 0 Å². The van der Waals surface area contributed by atoms with Crippen molar-refractivity contribution in [3.8, 4) is 0 Å². The number of hydrogen-bond acceptors (Lipinski definition) is 4. The van der Waals surface area contributed by atoms with E-state index in [1.54, 1.807) is 12.4 Å². The SMILES string of the molecule is COC(=O)C1CCCC1C(=O)NCc1ncc[nH]1. The highest BCUT2D eigenvalue weighted by molar-refractivity contribution is 5.85. The smallest absolute Gasteiger partial charge is 0.309 e. The van der Waals surface area contributed by atoms with E-state index >= 15 is 0 Å². The van der Waals surface area contributed by atoms with Gasteiger partial charge >= 0.3 is 5.97 Å². The molecule has 0 spiro atoms. The van der Waals surface area contributed by atoms with Crippen molar-refractivity contribution >= 4 is 11.9 Å². The van der Waals surface area contributed by atoms with Gasteiger partial charge in [-0.05, 0) is 12.8 Å². The minimum Gasteiger partial charge on any atom is -0.469 e. The van der Waals surface area contributed by atoms with E-state index in [9.17, 15) is 9.59 Å². The summed E-state index contributed by atoms with van der Waals surface area (Å²) in [5.74, 6) is -0.250. The topological polar surface area (TPSA) is 84.1 Å². The molecule has 6 nitrogen and oxygen atoms in total. The van der Waals surface area contributed by atoms with E-state index in [0.29, 0.717) is 12.4 Å². The number of methoxy groups -OCH3 is 1. The Hall–Kier alpha value is -1.85. The summed E-state index contributed by atoms with van der Waals surface area (Å²) in [4.78, 5) is 30.5. The molecule has 0 radical (unpaired) electrons. The summed E-state index contributed by atoms with van der Waals surface area (Å²) in [6.07, 6.45) is 5.69. The lowest BCUT2D eigenvalue weighted by Gasteiger charge is -2.16. The van der Waals surface area contributed by atoms with E-state index in [1.807, 2.05) is 0 Å². The van der Waals surface area contributed by atoms with Gasteiger partial charge in [-0.15, -0.1) is 0 Å². The summed E-state index contributed by atoms with van der Waals surface area (Å²) in [7, 11) is 1.36. The molecule has 0 saturated heterocycles. The van der Waals surface area contributed by atoms with Crippen LogP contribution in [0, 0.1) is 11.8 Å². The molecular formula is C12H17N3O3. The first-order valence-electron chi connectivity index (χ1n) is 6.06. The summed E-state index contributed by atoms with van der Waals surface area (Å²) in [5.41, 5.74) is 0. The molecule has 1 aliphatic rings. The van der Waals surface area contributed by atoms with Gasteiger partial charge in [0.15, 0.2) is 0 Å². The van der Waals surface area contributed by atoms with Crippen LogP contribution in [0.25, 0.3) is 0 Å². The molecule has 2 unspecified atom stereocenters. The zero-order chi connectivity index (χ0) is 13.0. The van der Waals surface area contributed by atoms with Crippen molar-refractivity contribution in [3.05, 3.63) is 18.2 Å². The molecule has 6 heteroatoms. The van der Waals surface area contributed by atoms with Crippen molar-refractivity contribution in [1.82, 2.24) is 15.3 Å². The Bertz CT molecular complexity index is 416. The maximum absolute atomic E-state index is 12.0. The standard InChI is InChI=1S/C12H17N3O3/c1-18-12(17)9-4-2-3-8(9)11(16)15-7-10-13-5-6-14-10/h5-6,8-9H,2-4,7H2,1H3,(H,13,14)(H,15,16). The maximum atomic E-state index is 12.0. The summed E-state index contributed by atoms with van der Waals surface area (Å²) >= 11 is 0. The Morgan fingerprint density at radius 1 is 1.50 bits per heavy atom. The molecule has 1 aromatic rings. The minimum atomic E-state index is -0.299. The zero-order valence-electron chi connectivity index (χ0n) is 10.3. The van der Waals surface area contributed by atoms with Crippen molar-refractivity contribution in [2.45, 2.75) is 25.8 Å². The van der Waals surface area contributed by atoms with Crippen LogP contribution in [0.3, 0.4) is 0 Å². The van der Waals surface area contributed by atoms with Gasteiger partial charge in [0, 0.05) is 12.4 Å². The lowest BCUT2D eigenvalue weighted by Crippen LogP contribution is -2.35. The highest BCUT2D eigenvalue weighted by atomic mass is 16.5. The van der Waals surface area contributed by atoms with E-state index < -0.39 is 0 Å². The highest BCUT2D eigenvalue weighted by Gasteiger charge is 2.38. The highest BCUT2D eigenvalue weighted by Crippen LogP contribution is 2.32. The Morgan fingerprint density at radius 3 is 2.94 bits per heavy atom. The van der Waals surface area contributed by atoms with Gasteiger partial charge in [0.2, 0.25) is 5.91 Å². The first-order valence-corrected chi connectivity index (χ1v) is 6.06. The molecule has 1 heterocycles. The number of amides is 1. The van der Waals surface area contributed by atoms with Crippen LogP contribution in [0.5, 0.6) is 0 Å². The number of aromatic nitrogens is 2. The molecule has 1 saturated carbocycles. The third kappa shape index (κ3) is 2.69. The number of nitrogens with zero attached hydrogens (tertiary/aromatic N) is 1. The van der Waals surface area contributed by atoms with E-state index in [-0.39, 0.29) is 23.7 Å². The number of rotatable bonds is 4. The van der Waals surface area contributed by atoms with E-state index in [1.165, 1.54) is 7.11 Å². The quantitative estimate of drug-likeness (QED) is 0.768. The molecule has 0 bridgehead atoms. The molecule has 2 atom stereocenters. The number of carbonyl (C=O) groups excluding carboxylic acids is 2. The number of H-pyrrole nitrogens is 1. The molecule has 0 aliphatic heterocycles. The predicted octanol–water partition coefficient (Wildman–Crippen LogP) is 0.615. The average molecular weight is 251 g/mol. The fourth-order valence-corrected chi connectivity index (χ4v) is 2.40. The van der Waals surface area contributed by atoms with Crippen LogP contribution in [-0.2, 0) is 20.9 Å². The molecule has 18 heavy (non-hydrogen) atoms. The fraction of sp³-hybridized carbons (Fsp3) is 0.583. The van der Waals surface area contributed by atoms with Gasteiger partial charge in [0.05, 0.1) is 25.5 Å². The number of carbonyl (C=O) groups is 2. The van der Waals surface area contributed by atoms with Gasteiger partial charge in [-0.3, -0.25) is 9.59 Å². The van der Waals surface area contributed by atoms with Crippen LogP contribution in [-0.4, -0.2) is 29.0 Å². The largest absolute Gasteiger partial charge is 0.469 e. The summed E-state index contributed by atoms with van der Waals surface area (Å²) in [5, 5.41) is 2.80. The predicted molar refractivity (Wildman–Crippen MR) is 63.3 cm³/mol. The molecule has 1 fully saturated rings. The third-order valence-electron chi connectivity index (χ3n) is 3.34. The second-order valence-corrected chi connectivity index (χ2v) is 4.42. The fourth-order valence-electron chi connectivity index (χ4n) is 2.40. The molecule has 1 amide bonds. The Kier molecular flexibility index (Phi) is 3.96. The van der Waals surface area contributed by atoms with Crippen LogP contribution < -0.4 is 5.32 Å². The molecule has 1 aliphatic carbocycles. The molecule has 2 N–H and O–H groups in total. The summed E-state index contributed by atoms with van der Waals surface area (Å²) < 4.78 is 4.73. The second-order valence-electron chi connectivity index (χ2n) is 4.42. The number of esters is 1. The number of ether oxygens (including phenoxy) is 1. The van der Waals surface area contributed by atoms with Gasteiger partial charge in [-0.1, -0.05) is 6.42 Å². The van der Waals surface area contributed by atoms with Crippen molar-refractivity contribution in [2.75, 3.05) is 7.11 Å². The Labute approximate surface area is 105 Å². The molecular weight excluding hydrogens is 234 g/mol. The van der Waals surface area contributed by atoms with Crippen LogP contribution in [0.1, 0.15) is 25.1 Å². The first kappa shape index (κ1) is 12.6. The monoisotopic (exact) mass is 251 g/mol. The number of imidazole rings is 1. The summed E-state index contributed by atoms with van der Waals surface area (Å²) in [6.45, 7) is 0.357. The van der Waals surface area contributed by atoms with E-state index in [4.69, 9.17) is 4.74 Å². The van der Waals surface area contributed by atoms with Crippen molar-refractivity contribution in [1.29, 1.82) is 0 Å². The maximum Gasteiger partial charge on any atom is 0.309 e. The lowest BCUT2D eigenvalue weighted by atomic mass is 9.95. The molecule has 0 aromatic carbocycles. The molecule has 2 rings (SSSR count). The molecule has 98 valence electrons. The summed E-state index contributed by atoms with van der Waals surface area (Å²) in [6, 6.07) is 0. The lowest BCUT2D eigenvalue weighted by molar-refractivity contribution is -0.149. The average Bonchev–Trinajstić information content (AvgIpc) is 3.05. The van der Waals surface area contributed by atoms with Crippen molar-refractivity contribution in [2.24, 2.45) is 11.8 Å². The van der Waals surface area contributed by atoms with Gasteiger partial charge < -0.3 is 15.0 Å².